The molecule has 0 bridgehead atoms. The number of hydrogen-bond acceptors (Lipinski definition) is 9. The number of allylic oxidation sites excluding steroid dienone is 1. The molecule has 0 saturated heterocycles. The van der Waals surface area contributed by atoms with Crippen molar-refractivity contribution in [3.63, 3.8) is 0 Å². The molecule has 2 aromatic rings. The molecule has 0 saturated carbocycles. The minimum absolute atomic E-state index is 0.0159. The predicted octanol–water partition coefficient (Wildman–Crippen LogP) is 1.99. The van der Waals surface area contributed by atoms with Gasteiger partial charge in [0.2, 0.25) is 0 Å². The molecule has 180 valence electrons. The third-order valence-electron chi connectivity index (χ3n) is 5.49. The number of nitrogens with zero attached hydrogens (tertiary/aromatic N) is 3. The van der Waals surface area contributed by atoms with Gasteiger partial charge in [0.25, 0.3) is 5.91 Å². The third-order valence-corrected chi connectivity index (χ3v) is 5.49. The Hall–Kier alpha value is -4.78. The fraction of sp³-hybridized carbons (Fsp3) is 0.200. The fourth-order valence-electron chi connectivity index (χ4n) is 3.86. The lowest BCUT2D eigenvalue weighted by molar-refractivity contribution is -0.139. The van der Waals surface area contributed by atoms with Crippen molar-refractivity contribution in [1.82, 2.24) is 4.90 Å². The summed E-state index contributed by atoms with van der Waals surface area (Å²) in [5, 5.41) is 20.3. The topological polar surface area (TPSA) is 146 Å². The number of methoxy groups -OCH3 is 2. The van der Waals surface area contributed by atoms with E-state index in [4.69, 9.17) is 15.2 Å². The van der Waals surface area contributed by atoms with Gasteiger partial charge < -0.3 is 25.2 Å². The van der Waals surface area contributed by atoms with Crippen LogP contribution in [0.3, 0.4) is 0 Å². The summed E-state index contributed by atoms with van der Waals surface area (Å²) < 4.78 is 9.96. The molecule has 1 amide bonds. The molecule has 10 nitrogen and oxygen atoms in total. The zero-order valence-electron chi connectivity index (χ0n) is 19.6. The first-order valence-electron chi connectivity index (χ1n) is 10.4. The second-order valence-corrected chi connectivity index (χ2v) is 7.74. The lowest BCUT2D eigenvalue weighted by atomic mass is 9.81. The van der Waals surface area contributed by atoms with Crippen molar-refractivity contribution in [2.24, 2.45) is 5.73 Å². The number of carbonyl (C=O) groups is 3. The van der Waals surface area contributed by atoms with E-state index < -0.39 is 23.8 Å². The zero-order valence-corrected chi connectivity index (χ0v) is 19.6. The van der Waals surface area contributed by atoms with Crippen molar-refractivity contribution in [2.75, 3.05) is 33.2 Å². The van der Waals surface area contributed by atoms with Gasteiger partial charge in [0.15, 0.2) is 0 Å². The van der Waals surface area contributed by atoms with Gasteiger partial charge >= 0.3 is 11.9 Å². The van der Waals surface area contributed by atoms with Crippen LogP contribution in [0.5, 0.6) is 5.75 Å². The van der Waals surface area contributed by atoms with E-state index in [1.54, 1.807) is 30.3 Å². The van der Waals surface area contributed by atoms with E-state index in [1.165, 1.54) is 37.2 Å². The first kappa shape index (κ1) is 24.9. The van der Waals surface area contributed by atoms with Crippen LogP contribution in [0, 0.1) is 11.3 Å². The standard InChI is InChI=1S/C25H24N4O6/c1-28(2)23(31)16-12-15(10-11-18(16)30)29-21(25(33)35-4)20(24(32)34-3)19(17(13-26)22(29)27)14-8-6-5-7-9-14/h5-12,19,30H,27H2,1-4H3. The van der Waals surface area contributed by atoms with Crippen LogP contribution < -0.4 is 10.6 Å². The Morgan fingerprint density at radius 1 is 1.06 bits per heavy atom. The summed E-state index contributed by atoms with van der Waals surface area (Å²) in [6, 6.07) is 14.6. The van der Waals surface area contributed by atoms with E-state index >= 15 is 0 Å². The number of rotatable bonds is 5. The molecule has 2 aromatic carbocycles. The Kier molecular flexibility index (Phi) is 7.11. The van der Waals surface area contributed by atoms with Crippen molar-refractivity contribution in [1.29, 1.82) is 5.26 Å². The number of esters is 2. The predicted molar refractivity (Wildman–Crippen MR) is 126 cm³/mol. The molecule has 1 aliphatic rings. The number of anilines is 1. The normalized spacial score (nSPS) is 15.4. The van der Waals surface area contributed by atoms with E-state index in [2.05, 4.69) is 0 Å². The average molecular weight is 476 g/mol. The van der Waals surface area contributed by atoms with E-state index in [0.29, 0.717) is 5.56 Å². The SMILES string of the molecule is COC(=O)C1=C(C(=O)OC)N(c2ccc(O)c(C(=O)N(C)C)c2)C(N)=C(C#N)C1c1ccccc1. The summed E-state index contributed by atoms with van der Waals surface area (Å²) in [5.41, 5.74) is 6.58. The molecule has 0 aliphatic carbocycles. The van der Waals surface area contributed by atoms with Crippen molar-refractivity contribution >= 4 is 23.5 Å². The number of hydrogen-bond donors (Lipinski definition) is 2. The molecule has 1 heterocycles. The second-order valence-electron chi connectivity index (χ2n) is 7.74. The van der Waals surface area contributed by atoms with Gasteiger partial charge in [-0.1, -0.05) is 30.3 Å². The molecule has 35 heavy (non-hydrogen) atoms. The molecule has 10 heteroatoms. The number of nitriles is 1. The number of aromatic hydroxyl groups is 1. The number of ether oxygens (including phenoxy) is 2. The van der Waals surface area contributed by atoms with Crippen LogP contribution in [0.2, 0.25) is 0 Å². The summed E-state index contributed by atoms with van der Waals surface area (Å²) in [4.78, 5) is 41.2. The third kappa shape index (κ3) is 4.39. The average Bonchev–Trinajstić information content (AvgIpc) is 2.87. The Balaban J connectivity index is 2.41. The number of phenols is 1. The molecule has 1 atom stereocenters. The van der Waals surface area contributed by atoms with Gasteiger partial charge in [0.05, 0.1) is 42.9 Å². The monoisotopic (exact) mass is 476 g/mol. The largest absolute Gasteiger partial charge is 0.507 e. The Labute approximate surface area is 202 Å². The molecule has 1 unspecified atom stereocenters. The molecular weight excluding hydrogens is 452 g/mol. The Bertz CT molecular complexity index is 1290. The number of benzene rings is 2. The summed E-state index contributed by atoms with van der Waals surface area (Å²) in [7, 11) is 5.31. The fourth-order valence-corrected chi connectivity index (χ4v) is 3.86. The molecule has 0 fully saturated rings. The van der Waals surface area contributed by atoms with E-state index in [-0.39, 0.29) is 39.7 Å². The van der Waals surface area contributed by atoms with Gasteiger partial charge in [0, 0.05) is 19.8 Å². The van der Waals surface area contributed by atoms with Gasteiger partial charge in [-0.3, -0.25) is 9.69 Å². The maximum atomic E-state index is 13.1. The van der Waals surface area contributed by atoms with Crippen LogP contribution in [0.4, 0.5) is 5.69 Å². The first-order valence-corrected chi connectivity index (χ1v) is 10.4. The highest BCUT2D eigenvalue weighted by atomic mass is 16.5. The van der Waals surface area contributed by atoms with Gasteiger partial charge in [-0.25, -0.2) is 9.59 Å². The van der Waals surface area contributed by atoms with E-state index in [9.17, 15) is 24.8 Å². The van der Waals surface area contributed by atoms with Crippen molar-refractivity contribution in [3.8, 4) is 11.8 Å². The highest BCUT2D eigenvalue weighted by Gasteiger charge is 2.43. The Morgan fingerprint density at radius 2 is 1.69 bits per heavy atom. The molecular formula is C25H24N4O6. The summed E-state index contributed by atoms with van der Waals surface area (Å²) in [6.07, 6.45) is 0. The van der Waals surface area contributed by atoms with E-state index in [1.807, 2.05) is 6.07 Å². The van der Waals surface area contributed by atoms with Gasteiger partial charge in [0.1, 0.15) is 17.3 Å². The lowest BCUT2D eigenvalue weighted by Crippen LogP contribution is -2.40. The Morgan fingerprint density at radius 3 is 2.23 bits per heavy atom. The smallest absolute Gasteiger partial charge is 0.355 e. The van der Waals surface area contributed by atoms with Crippen molar-refractivity contribution in [2.45, 2.75) is 5.92 Å². The molecule has 0 aromatic heterocycles. The highest BCUT2D eigenvalue weighted by Crippen LogP contribution is 2.43. The number of nitrogens with two attached hydrogens (primary N) is 1. The number of carbonyl (C=O) groups excluding carboxylic acids is 3. The van der Waals surface area contributed by atoms with Crippen LogP contribution in [0.1, 0.15) is 21.8 Å². The number of phenolic OH excluding ortho intramolecular Hbond substituents is 1. The first-order chi connectivity index (χ1) is 16.7. The maximum absolute atomic E-state index is 13.1. The van der Waals surface area contributed by atoms with Crippen LogP contribution in [-0.2, 0) is 19.1 Å². The van der Waals surface area contributed by atoms with Crippen molar-refractivity contribution < 1.29 is 29.0 Å². The highest BCUT2D eigenvalue weighted by molar-refractivity contribution is 6.07. The molecule has 0 radical (unpaired) electrons. The summed E-state index contributed by atoms with van der Waals surface area (Å²) >= 11 is 0. The van der Waals surface area contributed by atoms with Crippen molar-refractivity contribution in [3.05, 3.63) is 82.3 Å². The minimum atomic E-state index is -1.01. The van der Waals surface area contributed by atoms with Gasteiger partial charge in [-0.05, 0) is 23.8 Å². The van der Waals surface area contributed by atoms with Crippen LogP contribution in [-0.4, -0.2) is 56.2 Å². The quantitative estimate of drug-likeness (QED) is 0.619. The summed E-state index contributed by atoms with van der Waals surface area (Å²) in [6.45, 7) is 0. The minimum Gasteiger partial charge on any atom is -0.507 e. The van der Waals surface area contributed by atoms with E-state index in [0.717, 1.165) is 19.1 Å². The summed E-state index contributed by atoms with van der Waals surface area (Å²) in [5.74, 6) is -3.76. The van der Waals surface area contributed by atoms with Crippen LogP contribution in [0.25, 0.3) is 0 Å². The number of amides is 1. The zero-order chi connectivity index (χ0) is 25.9. The molecule has 1 aliphatic heterocycles. The lowest BCUT2D eigenvalue weighted by Gasteiger charge is -2.36. The molecule has 3 rings (SSSR count). The molecule has 0 spiro atoms. The molecule has 3 N–H and O–H groups in total. The van der Waals surface area contributed by atoms with Gasteiger partial charge in [-0.15, -0.1) is 0 Å². The second kappa shape index (κ2) is 10.0. The van der Waals surface area contributed by atoms with Crippen LogP contribution >= 0.6 is 0 Å². The van der Waals surface area contributed by atoms with Crippen LogP contribution in [0.15, 0.2) is 71.2 Å². The maximum Gasteiger partial charge on any atom is 0.355 e. The van der Waals surface area contributed by atoms with Gasteiger partial charge in [-0.2, -0.15) is 5.26 Å².